The highest BCUT2D eigenvalue weighted by Crippen LogP contribution is 2.16. The molecule has 1 aromatic rings. The fourth-order valence-electron chi connectivity index (χ4n) is 1.15. The van der Waals surface area contributed by atoms with E-state index < -0.39 is 0 Å². The Labute approximate surface area is 95.9 Å². The number of ether oxygens (including phenoxy) is 1. The first-order valence-corrected chi connectivity index (χ1v) is 5.15. The maximum absolute atomic E-state index is 5.41. The minimum Gasteiger partial charge on any atom is -0.436 e. The summed E-state index contributed by atoms with van der Waals surface area (Å²) in [6, 6.07) is 3.81. The molecule has 4 nitrogen and oxygen atoms in total. The lowest BCUT2D eigenvalue weighted by molar-refractivity contribution is 0.436. The maximum atomic E-state index is 5.41. The van der Waals surface area contributed by atoms with Crippen LogP contribution in [-0.2, 0) is 0 Å². The van der Waals surface area contributed by atoms with Crippen LogP contribution in [0, 0.1) is 0 Å². The van der Waals surface area contributed by atoms with Gasteiger partial charge in [-0.15, -0.1) is 0 Å². The summed E-state index contributed by atoms with van der Waals surface area (Å²) in [6.45, 7) is 4.24. The second-order valence-electron chi connectivity index (χ2n) is 3.64. The third-order valence-corrected chi connectivity index (χ3v) is 2.07. The summed E-state index contributed by atoms with van der Waals surface area (Å²) in [5.74, 6) is 1.46. The highest BCUT2D eigenvalue weighted by molar-refractivity contribution is 5.76. The summed E-state index contributed by atoms with van der Waals surface area (Å²) in [5, 5.41) is 0. The van der Waals surface area contributed by atoms with Crippen LogP contribution in [0.5, 0.6) is 5.88 Å². The van der Waals surface area contributed by atoms with Gasteiger partial charge in [0.05, 0.1) is 6.21 Å². The van der Waals surface area contributed by atoms with Gasteiger partial charge < -0.3 is 10.5 Å². The topological polar surface area (TPSA) is 60.5 Å². The molecule has 0 aliphatic rings. The van der Waals surface area contributed by atoms with E-state index in [4.69, 9.17) is 10.5 Å². The molecule has 86 valence electrons. The van der Waals surface area contributed by atoms with Crippen LogP contribution in [0.1, 0.15) is 25.3 Å². The molecule has 2 N–H and O–H groups in total. The van der Waals surface area contributed by atoms with Crippen molar-refractivity contribution in [2.75, 3.05) is 7.05 Å². The van der Waals surface area contributed by atoms with Crippen LogP contribution < -0.4 is 10.5 Å². The minimum atomic E-state index is 0.461. The second kappa shape index (κ2) is 5.90. The van der Waals surface area contributed by atoms with Crippen molar-refractivity contribution in [1.82, 2.24) is 4.98 Å². The Morgan fingerprint density at radius 2 is 2.25 bits per heavy atom. The van der Waals surface area contributed by atoms with Crippen molar-refractivity contribution in [1.29, 1.82) is 0 Å². The first-order chi connectivity index (χ1) is 7.67. The molecule has 0 aliphatic heterocycles. The lowest BCUT2D eigenvalue weighted by Crippen LogP contribution is -2.02. The van der Waals surface area contributed by atoms with Crippen LogP contribution in [0.3, 0.4) is 0 Å². The molecule has 0 fully saturated rings. The second-order valence-corrected chi connectivity index (χ2v) is 3.64. The highest BCUT2D eigenvalue weighted by atomic mass is 16.5. The lowest BCUT2D eigenvalue weighted by Gasteiger charge is -2.07. The summed E-state index contributed by atoms with van der Waals surface area (Å²) in [4.78, 5) is 8.01. The van der Waals surface area contributed by atoms with E-state index in [1.807, 2.05) is 12.1 Å². The van der Waals surface area contributed by atoms with E-state index in [1.54, 1.807) is 13.2 Å². The normalized spacial score (nSPS) is 12.4. The van der Waals surface area contributed by atoms with Gasteiger partial charge in [0, 0.05) is 25.5 Å². The van der Waals surface area contributed by atoms with E-state index in [0.717, 1.165) is 0 Å². The van der Waals surface area contributed by atoms with Crippen molar-refractivity contribution in [2.45, 2.75) is 19.8 Å². The molecule has 1 aromatic heterocycles. The SMILES string of the molecule is CN=C/C(=C\N)Oc1ccc(C(C)C)cn1. The van der Waals surface area contributed by atoms with E-state index in [-0.39, 0.29) is 0 Å². The van der Waals surface area contributed by atoms with Crippen molar-refractivity contribution in [3.8, 4) is 5.88 Å². The van der Waals surface area contributed by atoms with E-state index in [1.165, 1.54) is 18.0 Å². The first-order valence-electron chi connectivity index (χ1n) is 5.15. The summed E-state index contributed by atoms with van der Waals surface area (Å²) < 4.78 is 5.41. The van der Waals surface area contributed by atoms with Crippen molar-refractivity contribution in [3.05, 3.63) is 35.9 Å². The predicted molar refractivity (Wildman–Crippen MR) is 65.6 cm³/mol. The number of aliphatic imine (C=N–C) groups is 1. The molecule has 0 atom stereocenters. The Bertz CT molecular complexity index is 380. The molecule has 16 heavy (non-hydrogen) atoms. The molecule has 0 saturated heterocycles. The molecular formula is C12H17N3O. The van der Waals surface area contributed by atoms with Crippen molar-refractivity contribution >= 4 is 6.21 Å². The number of nitrogens with two attached hydrogens (primary N) is 1. The molecule has 0 amide bonds. The number of aromatic nitrogens is 1. The number of hydrogen-bond acceptors (Lipinski definition) is 4. The Balaban J connectivity index is 2.75. The number of rotatable bonds is 4. The zero-order valence-electron chi connectivity index (χ0n) is 9.84. The van der Waals surface area contributed by atoms with Gasteiger partial charge in [-0.1, -0.05) is 19.9 Å². The molecule has 0 radical (unpaired) electrons. The van der Waals surface area contributed by atoms with Gasteiger partial charge in [-0.3, -0.25) is 4.99 Å². The first kappa shape index (κ1) is 12.2. The van der Waals surface area contributed by atoms with Crippen molar-refractivity contribution < 1.29 is 4.74 Å². The zero-order chi connectivity index (χ0) is 12.0. The largest absolute Gasteiger partial charge is 0.436 e. The monoisotopic (exact) mass is 219 g/mol. The van der Waals surface area contributed by atoms with Gasteiger partial charge in [0.1, 0.15) is 0 Å². The third-order valence-electron chi connectivity index (χ3n) is 2.07. The molecule has 1 rings (SSSR count). The molecule has 0 aliphatic carbocycles. The lowest BCUT2D eigenvalue weighted by atomic mass is 10.1. The van der Waals surface area contributed by atoms with Crippen molar-refractivity contribution in [2.24, 2.45) is 10.7 Å². The molecule has 4 heteroatoms. The standard InChI is InChI=1S/C12H17N3O/c1-9(2)10-4-5-12(15-7-10)16-11(6-13)8-14-3/h4-9H,13H2,1-3H3/b11-6+,14-8?. The van der Waals surface area contributed by atoms with Crippen LogP contribution in [0.2, 0.25) is 0 Å². The fourth-order valence-corrected chi connectivity index (χ4v) is 1.15. The Morgan fingerprint density at radius 3 is 2.69 bits per heavy atom. The fraction of sp³-hybridized carbons (Fsp3) is 0.333. The van der Waals surface area contributed by atoms with Gasteiger partial charge in [-0.25, -0.2) is 4.98 Å². The minimum absolute atomic E-state index is 0.461. The number of nitrogens with zero attached hydrogens (tertiary/aromatic N) is 2. The average Bonchev–Trinajstić information content (AvgIpc) is 2.29. The van der Waals surface area contributed by atoms with Crippen LogP contribution in [0.25, 0.3) is 0 Å². The van der Waals surface area contributed by atoms with Gasteiger partial charge in [0.2, 0.25) is 5.88 Å². The zero-order valence-corrected chi connectivity index (χ0v) is 9.84. The number of pyridine rings is 1. The summed E-state index contributed by atoms with van der Waals surface area (Å²) in [5.41, 5.74) is 6.55. The molecule has 0 saturated carbocycles. The molecule has 0 unspecified atom stereocenters. The van der Waals surface area contributed by atoms with Crippen LogP contribution >= 0.6 is 0 Å². The van der Waals surface area contributed by atoms with E-state index in [2.05, 4.69) is 23.8 Å². The molecule has 1 heterocycles. The third kappa shape index (κ3) is 3.38. The van der Waals surface area contributed by atoms with Gasteiger partial charge in [-0.05, 0) is 11.5 Å². The summed E-state index contributed by atoms with van der Waals surface area (Å²) >= 11 is 0. The molecule has 0 bridgehead atoms. The number of allylic oxidation sites excluding steroid dienone is 1. The van der Waals surface area contributed by atoms with E-state index in [9.17, 15) is 0 Å². The highest BCUT2D eigenvalue weighted by Gasteiger charge is 2.02. The Morgan fingerprint density at radius 1 is 1.50 bits per heavy atom. The molecule has 0 aromatic carbocycles. The molecule has 0 spiro atoms. The van der Waals surface area contributed by atoms with E-state index in [0.29, 0.717) is 17.6 Å². The van der Waals surface area contributed by atoms with Crippen LogP contribution in [0.4, 0.5) is 0 Å². The van der Waals surface area contributed by atoms with Gasteiger partial charge >= 0.3 is 0 Å². The Kier molecular flexibility index (Phi) is 4.51. The van der Waals surface area contributed by atoms with Crippen LogP contribution in [-0.4, -0.2) is 18.2 Å². The predicted octanol–water partition coefficient (Wildman–Crippen LogP) is 2.08. The molecular weight excluding hydrogens is 202 g/mol. The van der Waals surface area contributed by atoms with Crippen LogP contribution in [0.15, 0.2) is 35.3 Å². The Hall–Kier alpha value is -1.84. The smallest absolute Gasteiger partial charge is 0.219 e. The van der Waals surface area contributed by atoms with Gasteiger partial charge in [0.25, 0.3) is 0 Å². The maximum Gasteiger partial charge on any atom is 0.219 e. The van der Waals surface area contributed by atoms with Gasteiger partial charge in [-0.2, -0.15) is 0 Å². The average molecular weight is 219 g/mol. The van der Waals surface area contributed by atoms with Gasteiger partial charge in [0.15, 0.2) is 5.76 Å². The van der Waals surface area contributed by atoms with Crippen molar-refractivity contribution in [3.63, 3.8) is 0 Å². The quantitative estimate of drug-likeness (QED) is 0.623. The van der Waals surface area contributed by atoms with E-state index >= 15 is 0 Å². The number of hydrogen-bond donors (Lipinski definition) is 1. The summed E-state index contributed by atoms with van der Waals surface area (Å²) in [6.07, 6.45) is 4.69. The summed E-state index contributed by atoms with van der Waals surface area (Å²) in [7, 11) is 1.65.